The summed E-state index contributed by atoms with van der Waals surface area (Å²) in [6.45, 7) is 7.40. The van der Waals surface area contributed by atoms with Crippen LogP contribution >= 0.6 is 0 Å². The Kier molecular flexibility index (Phi) is 8.88. The maximum absolute atomic E-state index is 11.2. The smallest absolute Gasteiger partial charge is 0.147 e. The first-order valence-electron chi connectivity index (χ1n) is 6.85. The molecule has 0 spiro atoms. The number of unbranched alkanes of at least 4 members (excludes halogenated alkanes) is 1. The van der Waals surface area contributed by atoms with Crippen molar-refractivity contribution in [2.45, 2.75) is 58.9 Å². The van der Waals surface area contributed by atoms with Gasteiger partial charge in [-0.2, -0.15) is 0 Å². The van der Waals surface area contributed by atoms with Crippen LogP contribution in [0.5, 0.6) is 0 Å². The second-order valence-corrected chi connectivity index (χ2v) is 7.15. The summed E-state index contributed by atoms with van der Waals surface area (Å²) in [5.74, 6) is 0.907. The van der Waals surface area contributed by atoms with Crippen LogP contribution in [0.1, 0.15) is 52.9 Å². The van der Waals surface area contributed by atoms with Crippen molar-refractivity contribution in [3.63, 3.8) is 0 Å². The Labute approximate surface area is 107 Å². The van der Waals surface area contributed by atoms with Gasteiger partial charge in [0.1, 0.15) is 9.84 Å². The molecule has 0 saturated carbocycles. The molecule has 0 bridgehead atoms. The molecule has 2 atom stereocenters. The summed E-state index contributed by atoms with van der Waals surface area (Å²) in [5.41, 5.74) is 0. The van der Waals surface area contributed by atoms with E-state index in [1.807, 2.05) is 0 Å². The lowest BCUT2D eigenvalue weighted by Gasteiger charge is -2.27. The molecule has 0 aliphatic heterocycles. The zero-order valence-electron chi connectivity index (χ0n) is 11.8. The van der Waals surface area contributed by atoms with Gasteiger partial charge in [-0.3, -0.25) is 0 Å². The van der Waals surface area contributed by atoms with Crippen molar-refractivity contribution >= 4 is 9.84 Å². The summed E-state index contributed by atoms with van der Waals surface area (Å²) in [6.07, 6.45) is 6.84. The summed E-state index contributed by atoms with van der Waals surface area (Å²) in [4.78, 5) is 0. The van der Waals surface area contributed by atoms with E-state index in [1.165, 1.54) is 25.5 Å². The Morgan fingerprint density at radius 2 is 1.76 bits per heavy atom. The molecule has 2 unspecified atom stereocenters. The first kappa shape index (κ1) is 16.9. The Morgan fingerprint density at radius 1 is 1.12 bits per heavy atom. The molecule has 0 aromatic carbocycles. The average Bonchev–Trinajstić information content (AvgIpc) is 2.25. The molecule has 0 aliphatic carbocycles. The molecule has 0 aromatic rings. The SMILES string of the molecule is CCCCC(CC)C(CCS(C)(=O)=O)NCC. The molecule has 0 rings (SSSR count). The lowest BCUT2D eigenvalue weighted by atomic mass is 9.90. The quantitative estimate of drug-likeness (QED) is 0.659. The number of nitrogens with one attached hydrogen (secondary N) is 1. The lowest BCUT2D eigenvalue weighted by Crippen LogP contribution is -2.37. The van der Waals surface area contributed by atoms with E-state index in [4.69, 9.17) is 0 Å². The van der Waals surface area contributed by atoms with E-state index >= 15 is 0 Å². The van der Waals surface area contributed by atoms with E-state index < -0.39 is 9.84 Å². The molecule has 4 heteroatoms. The van der Waals surface area contributed by atoms with Gasteiger partial charge in [-0.25, -0.2) is 8.42 Å². The van der Waals surface area contributed by atoms with E-state index in [-0.39, 0.29) is 0 Å². The fourth-order valence-electron chi connectivity index (χ4n) is 2.26. The Morgan fingerprint density at radius 3 is 2.18 bits per heavy atom. The van der Waals surface area contributed by atoms with Gasteiger partial charge in [-0.1, -0.05) is 40.0 Å². The van der Waals surface area contributed by atoms with Gasteiger partial charge in [0.2, 0.25) is 0 Å². The summed E-state index contributed by atoms with van der Waals surface area (Å²) < 4.78 is 22.5. The van der Waals surface area contributed by atoms with Gasteiger partial charge < -0.3 is 5.32 Å². The number of hydrogen-bond acceptors (Lipinski definition) is 3. The van der Waals surface area contributed by atoms with Crippen LogP contribution in [0.2, 0.25) is 0 Å². The van der Waals surface area contributed by atoms with Crippen molar-refractivity contribution in [3.05, 3.63) is 0 Å². The van der Waals surface area contributed by atoms with Gasteiger partial charge in [0.15, 0.2) is 0 Å². The van der Waals surface area contributed by atoms with Crippen LogP contribution in [0.25, 0.3) is 0 Å². The summed E-state index contributed by atoms with van der Waals surface area (Å²) in [5, 5.41) is 3.45. The molecule has 0 aromatic heterocycles. The van der Waals surface area contributed by atoms with Crippen molar-refractivity contribution in [1.82, 2.24) is 5.32 Å². The van der Waals surface area contributed by atoms with Crippen LogP contribution in [0, 0.1) is 5.92 Å². The maximum atomic E-state index is 11.2. The van der Waals surface area contributed by atoms with Gasteiger partial charge >= 0.3 is 0 Å². The van der Waals surface area contributed by atoms with Gasteiger partial charge in [-0.05, 0) is 25.3 Å². The van der Waals surface area contributed by atoms with Gasteiger partial charge in [-0.15, -0.1) is 0 Å². The first-order valence-corrected chi connectivity index (χ1v) is 8.91. The number of sulfone groups is 1. The highest BCUT2D eigenvalue weighted by Gasteiger charge is 2.20. The third kappa shape index (κ3) is 8.61. The van der Waals surface area contributed by atoms with E-state index in [0.717, 1.165) is 19.4 Å². The van der Waals surface area contributed by atoms with Crippen LogP contribution in [0.4, 0.5) is 0 Å². The van der Waals surface area contributed by atoms with Crippen LogP contribution < -0.4 is 5.32 Å². The Hall–Kier alpha value is -0.0900. The van der Waals surface area contributed by atoms with Gasteiger partial charge in [0.25, 0.3) is 0 Å². The largest absolute Gasteiger partial charge is 0.314 e. The maximum Gasteiger partial charge on any atom is 0.147 e. The number of rotatable bonds is 10. The molecule has 1 N–H and O–H groups in total. The molecular formula is C13H29NO2S. The van der Waals surface area contributed by atoms with Crippen LogP contribution in [-0.2, 0) is 9.84 Å². The summed E-state index contributed by atoms with van der Waals surface area (Å²) in [6, 6.07) is 0.353. The highest BCUT2D eigenvalue weighted by molar-refractivity contribution is 7.90. The van der Waals surface area contributed by atoms with Gasteiger partial charge in [0.05, 0.1) is 5.75 Å². The zero-order chi connectivity index (χ0) is 13.3. The van der Waals surface area contributed by atoms with Crippen LogP contribution in [0.3, 0.4) is 0 Å². The molecule has 0 aliphatic rings. The Bertz CT molecular complexity index is 275. The Balaban J connectivity index is 4.35. The van der Waals surface area contributed by atoms with Gasteiger partial charge in [0, 0.05) is 12.3 Å². The average molecular weight is 263 g/mol. The predicted molar refractivity (Wildman–Crippen MR) is 75.1 cm³/mol. The standard InChI is InChI=1S/C13H29NO2S/c1-5-8-9-12(6-2)13(14-7-3)10-11-17(4,15)16/h12-14H,5-11H2,1-4H3. The third-order valence-corrected chi connectivity index (χ3v) is 4.27. The van der Waals surface area contributed by atoms with Crippen molar-refractivity contribution < 1.29 is 8.42 Å². The highest BCUT2D eigenvalue weighted by atomic mass is 32.2. The topological polar surface area (TPSA) is 46.2 Å². The van der Waals surface area contributed by atoms with Crippen LogP contribution in [-0.4, -0.2) is 33.0 Å². The minimum atomic E-state index is -2.84. The highest BCUT2D eigenvalue weighted by Crippen LogP contribution is 2.19. The minimum absolute atomic E-state index is 0.299. The second-order valence-electron chi connectivity index (χ2n) is 4.89. The molecule has 0 saturated heterocycles. The molecule has 3 nitrogen and oxygen atoms in total. The molecular weight excluding hydrogens is 234 g/mol. The molecule has 104 valence electrons. The van der Waals surface area contributed by atoms with Crippen molar-refractivity contribution in [2.24, 2.45) is 5.92 Å². The summed E-state index contributed by atoms with van der Waals surface area (Å²) in [7, 11) is -2.84. The minimum Gasteiger partial charge on any atom is -0.314 e. The van der Waals surface area contributed by atoms with E-state index in [2.05, 4.69) is 26.1 Å². The zero-order valence-corrected chi connectivity index (χ0v) is 12.6. The molecule has 0 radical (unpaired) electrons. The normalized spacial score (nSPS) is 15.8. The lowest BCUT2D eigenvalue weighted by molar-refractivity contribution is 0.315. The van der Waals surface area contributed by atoms with Crippen molar-refractivity contribution in [3.8, 4) is 0 Å². The predicted octanol–water partition coefficient (Wildman–Crippen LogP) is 2.62. The molecule has 17 heavy (non-hydrogen) atoms. The second kappa shape index (κ2) is 8.92. The number of hydrogen-bond donors (Lipinski definition) is 1. The third-order valence-electron chi connectivity index (χ3n) is 3.29. The van der Waals surface area contributed by atoms with E-state index in [9.17, 15) is 8.42 Å². The molecule has 0 heterocycles. The molecule has 0 fully saturated rings. The first-order chi connectivity index (χ1) is 7.94. The summed E-state index contributed by atoms with van der Waals surface area (Å²) >= 11 is 0. The fourth-order valence-corrected chi connectivity index (χ4v) is 2.95. The van der Waals surface area contributed by atoms with Crippen molar-refractivity contribution in [2.75, 3.05) is 18.6 Å². The molecule has 0 amide bonds. The van der Waals surface area contributed by atoms with Crippen molar-refractivity contribution in [1.29, 1.82) is 0 Å². The van der Waals surface area contributed by atoms with E-state index in [0.29, 0.717) is 17.7 Å². The van der Waals surface area contributed by atoms with Crippen LogP contribution in [0.15, 0.2) is 0 Å². The fraction of sp³-hybridized carbons (Fsp3) is 1.00. The monoisotopic (exact) mass is 263 g/mol. The van der Waals surface area contributed by atoms with E-state index in [1.54, 1.807) is 0 Å².